The predicted molar refractivity (Wildman–Crippen MR) is 84.5 cm³/mol. The molecule has 108 valence electrons. The number of fused-ring (bicyclic) bond motifs is 1. The Balaban J connectivity index is 1.87. The van der Waals surface area contributed by atoms with Gasteiger partial charge in [0.15, 0.2) is 0 Å². The van der Waals surface area contributed by atoms with Crippen LogP contribution in [0.5, 0.6) is 0 Å². The number of benzene rings is 1. The Morgan fingerprint density at radius 2 is 2.24 bits per heavy atom. The smallest absolute Gasteiger partial charge is 0.250 e. The van der Waals surface area contributed by atoms with Crippen LogP contribution in [-0.2, 0) is 6.42 Å². The summed E-state index contributed by atoms with van der Waals surface area (Å²) in [4.78, 5) is 17.4. The summed E-state index contributed by atoms with van der Waals surface area (Å²) in [6.45, 7) is 1.03. The van der Waals surface area contributed by atoms with Crippen molar-refractivity contribution in [1.82, 2.24) is 4.98 Å². The van der Waals surface area contributed by atoms with E-state index in [0.29, 0.717) is 16.4 Å². The monoisotopic (exact) mass is 302 g/mol. The van der Waals surface area contributed by atoms with Crippen LogP contribution in [0.15, 0.2) is 30.5 Å². The molecule has 2 aromatic rings. The Labute approximate surface area is 127 Å². The van der Waals surface area contributed by atoms with E-state index in [1.54, 1.807) is 0 Å². The number of anilines is 3. The zero-order chi connectivity index (χ0) is 15.0. The Hall–Kier alpha value is -2.27. The number of carbonyl (C=O) groups excluding carboxylic acids is 1. The number of carbonyl (C=O) groups is 1. The number of pyridine rings is 1. The van der Waals surface area contributed by atoms with Crippen molar-refractivity contribution in [2.75, 3.05) is 23.8 Å². The van der Waals surface area contributed by atoms with Gasteiger partial charge in [-0.3, -0.25) is 4.79 Å². The largest absolute Gasteiger partial charge is 0.374 e. The van der Waals surface area contributed by atoms with Crippen molar-refractivity contribution in [3.05, 3.63) is 46.6 Å². The zero-order valence-electron chi connectivity index (χ0n) is 11.6. The minimum atomic E-state index is -0.546. The number of hydrogen-bond acceptors (Lipinski definition) is 4. The zero-order valence-corrected chi connectivity index (χ0v) is 12.3. The van der Waals surface area contributed by atoms with Gasteiger partial charge in [0.25, 0.3) is 0 Å². The molecule has 2 heterocycles. The summed E-state index contributed by atoms with van der Waals surface area (Å²) >= 11 is 6.13. The van der Waals surface area contributed by atoms with Crippen molar-refractivity contribution in [2.24, 2.45) is 5.73 Å². The van der Waals surface area contributed by atoms with Crippen LogP contribution in [0.25, 0.3) is 0 Å². The number of likely N-dealkylation sites (N-methyl/N-ethyl adjacent to an activating group) is 1. The van der Waals surface area contributed by atoms with Gasteiger partial charge in [0.05, 0.1) is 10.6 Å². The van der Waals surface area contributed by atoms with E-state index < -0.39 is 5.91 Å². The molecule has 3 rings (SSSR count). The quantitative estimate of drug-likeness (QED) is 0.914. The van der Waals surface area contributed by atoms with Gasteiger partial charge < -0.3 is 16.0 Å². The highest BCUT2D eigenvalue weighted by Gasteiger charge is 2.16. The van der Waals surface area contributed by atoms with Crippen LogP contribution in [0.4, 0.5) is 17.2 Å². The summed E-state index contributed by atoms with van der Waals surface area (Å²) in [5, 5.41) is 3.53. The standard InChI is InChI=1S/C15H15ClN4O/c1-20-5-4-9-2-3-11(7-13(9)20)19-15-12(16)6-10(8-18-15)14(17)21/h2-3,6-8H,4-5H2,1H3,(H2,17,21)(H,18,19). The first-order chi connectivity index (χ1) is 10.0. The highest BCUT2D eigenvalue weighted by atomic mass is 35.5. The maximum atomic E-state index is 11.1. The molecule has 1 aliphatic rings. The Morgan fingerprint density at radius 1 is 1.43 bits per heavy atom. The van der Waals surface area contributed by atoms with Crippen LogP contribution in [0.2, 0.25) is 5.02 Å². The van der Waals surface area contributed by atoms with Gasteiger partial charge in [-0.15, -0.1) is 0 Å². The minimum Gasteiger partial charge on any atom is -0.374 e. The molecule has 0 atom stereocenters. The summed E-state index contributed by atoms with van der Waals surface area (Å²) in [6, 6.07) is 7.69. The number of halogens is 1. The van der Waals surface area contributed by atoms with Gasteiger partial charge in [-0.05, 0) is 30.2 Å². The summed E-state index contributed by atoms with van der Waals surface area (Å²) < 4.78 is 0. The predicted octanol–water partition coefficient (Wildman–Crippen LogP) is 2.57. The number of hydrogen-bond donors (Lipinski definition) is 2. The third-order valence-electron chi connectivity index (χ3n) is 3.60. The molecule has 0 bridgehead atoms. The van der Waals surface area contributed by atoms with Gasteiger partial charge in [-0.2, -0.15) is 0 Å². The van der Waals surface area contributed by atoms with E-state index in [2.05, 4.69) is 34.4 Å². The molecule has 0 spiro atoms. The first-order valence-electron chi connectivity index (χ1n) is 6.61. The maximum absolute atomic E-state index is 11.1. The van der Waals surface area contributed by atoms with Gasteiger partial charge in [0.1, 0.15) is 5.82 Å². The molecule has 0 radical (unpaired) electrons. The van der Waals surface area contributed by atoms with Gasteiger partial charge in [-0.25, -0.2) is 4.98 Å². The Morgan fingerprint density at radius 3 is 2.95 bits per heavy atom. The summed E-state index contributed by atoms with van der Waals surface area (Å²) in [5.74, 6) is -0.0441. The van der Waals surface area contributed by atoms with Crippen LogP contribution in [0.3, 0.4) is 0 Å². The molecule has 1 amide bonds. The number of rotatable bonds is 3. The van der Waals surface area contributed by atoms with Crippen LogP contribution in [0, 0.1) is 0 Å². The molecule has 0 unspecified atom stereocenters. The second kappa shape index (κ2) is 5.26. The lowest BCUT2D eigenvalue weighted by molar-refractivity contribution is 0.1000. The summed E-state index contributed by atoms with van der Waals surface area (Å²) in [7, 11) is 2.07. The molecule has 3 N–H and O–H groups in total. The van der Waals surface area contributed by atoms with Crippen LogP contribution in [-0.4, -0.2) is 24.5 Å². The van der Waals surface area contributed by atoms with Crippen molar-refractivity contribution in [3.63, 3.8) is 0 Å². The van der Waals surface area contributed by atoms with Gasteiger partial charge in [-0.1, -0.05) is 17.7 Å². The highest BCUT2D eigenvalue weighted by molar-refractivity contribution is 6.33. The van der Waals surface area contributed by atoms with E-state index in [1.807, 2.05) is 6.07 Å². The number of amides is 1. The van der Waals surface area contributed by atoms with E-state index in [4.69, 9.17) is 17.3 Å². The third-order valence-corrected chi connectivity index (χ3v) is 3.89. The third kappa shape index (κ3) is 2.64. The number of nitrogens with one attached hydrogen (secondary N) is 1. The topological polar surface area (TPSA) is 71.2 Å². The molecule has 0 fully saturated rings. The van der Waals surface area contributed by atoms with E-state index in [0.717, 1.165) is 18.7 Å². The van der Waals surface area contributed by atoms with Crippen LogP contribution in [0.1, 0.15) is 15.9 Å². The lowest BCUT2D eigenvalue weighted by Gasteiger charge is -2.14. The van der Waals surface area contributed by atoms with E-state index in [9.17, 15) is 4.79 Å². The normalized spacial score (nSPS) is 13.1. The molecule has 5 nitrogen and oxygen atoms in total. The molecule has 1 aromatic heterocycles. The summed E-state index contributed by atoms with van der Waals surface area (Å²) in [5.41, 5.74) is 8.95. The lowest BCUT2D eigenvalue weighted by Crippen LogP contribution is -2.12. The van der Waals surface area contributed by atoms with Gasteiger partial charge >= 0.3 is 0 Å². The second-order valence-electron chi connectivity index (χ2n) is 5.06. The molecule has 1 aliphatic heterocycles. The molecular formula is C15H15ClN4O. The fourth-order valence-corrected chi connectivity index (χ4v) is 2.63. The average Bonchev–Trinajstić information content (AvgIpc) is 2.82. The fraction of sp³-hybridized carbons (Fsp3) is 0.200. The van der Waals surface area contributed by atoms with E-state index in [-0.39, 0.29) is 0 Å². The summed E-state index contributed by atoms with van der Waals surface area (Å²) in [6.07, 6.45) is 2.48. The lowest BCUT2D eigenvalue weighted by atomic mass is 10.1. The molecule has 0 saturated carbocycles. The molecule has 1 aromatic carbocycles. The maximum Gasteiger partial charge on any atom is 0.250 e. The molecule has 6 heteroatoms. The van der Waals surface area contributed by atoms with E-state index in [1.165, 1.54) is 23.5 Å². The van der Waals surface area contributed by atoms with Crippen molar-refractivity contribution in [2.45, 2.75) is 6.42 Å². The number of primary amides is 1. The first kappa shape index (κ1) is 13.7. The van der Waals surface area contributed by atoms with Crippen molar-refractivity contribution in [1.29, 1.82) is 0 Å². The van der Waals surface area contributed by atoms with Gasteiger partial charge in [0.2, 0.25) is 5.91 Å². The number of nitrogens with zero attached hydrogens (tertiary/aromatic N) is 2. The van der Waals surface area contributed by atoms with Crippen LogP contribution >= 0.6 is 11.6 Å². The fourth-order valence-electron chi connectivity index (χ4n) is 2.42. The number of nitrogens with two attached hydrogens (primary N) is 1. The SMILES string of the molecule is CN1CCc2ccc(Nc3ncc(C(N)=O)cc3Cl)cc21. The van der Waals surface area contributed by atoms with Crippen molar-refractivity contribution >= 4 is 34.7 Å². The van der Waals surface area contributed by atoms with Crippen molar-refractivity contribution in [3.8, 4) is 0 Å². The Bertz CT molecular complexity index is 717. The van der Waals surface area contributed by atoms with E-state index >= 15 is 0 Å². The van der Waals surface area contributed by atoms with Crippen LogP contribution < -0.4 is 16.0 Å². The highest BCUT2D eigenvalue weighted by Crippen LogP contribution is 2.31. The molecule has 0 saturated heterocycles. The Kier molecular flexibility index (Phi) is 3.43. The second-order valence-corrected chi connectivity index (χ2v) is 5.47. The van der Waals surface area contributed by atoms with Gasteiger partial charge in [0, 0.05) is 31.2 Å². The minimum absolute atomic E-state index is 0.291. The number of aromatic nitrogens is 1. The molecular weight excluding hydrogens is 288 g/mol. The average molecular weight is 303 g/mol. The van der Waals surface area contributed by atoms with Crippen molar-refractivity contribution < 1.29 is 4.79 Å². The molecule has 21 heavy (non-hydrogen) atoms. The molecule has 0 aliphatic carbocycles. The first-order valence-corrected chi connectivity index (χ1v) is 6.99.